The predicted octanol–water partition coefficient (Wildman–Crippen LogP) is 4.07. The third-order valence-corrected chi connectivity index (χ3v) is 4.83. The van der Waals surface area contributed by atoms with Gasteiger partial charge in [0.1, 0.15) is 0 Å². The summed E-state index contributed by atoms with van der Waals surface area (Å²) >= 11 is 0. The van der Waals surface area contributed by atoms with Crippen LogP contribution in [0.2, 0.25) is 0 Å². The maximum Gasteiger partial charge on any atom is 0.345 e. The molecule has 0 saturated heterocycles. The summed E-state index contributed by atoms with van der Waals surface area (Å²) in [7, 11) is 0. The van der Waals surface area contributed by atoms with Crippen molar-refractivity contribution in [2.75, 3.05) is 6.54 Å². The molecule has 2 heterocycles. The Bertz CT molecular complexity index is 1110. The lowest BCUT2D eigenvalue weighted by molar-refractivity contribution is 0.0680. The predicted molar refractivity (Wildman–Crippen MR) is 121 cm³/mol. The van der Waals surface area contributed by atoms with Crippen molar-refractivity contribution in [1.29, 1.82) is 0 Å². The Morgan fingerprint density at radius 2 is 1.44 bits per heavy atom. The van der Waals surface area contributed by atoms with Gasteiger partial charge in [-0.1, -0.05) is 19.9 Å². The molecule has 0 aliphatic carbocycles. The minimum atomic E-state index is -0.570. The van der Waals surface area contributed by atoms with Gasteiger partial charge in [0.05, 0.1) is 22.5 Å². The van der Waals surface area contributed by atoms with Gasteiger partial charge in [-0.05, 0) is 68.8 Å². The summed E-state index contributed by atoms with van der Waals surface area (Å²) < 4.78 is 11.2. The second-order valence-electron chi connectivity index (χ2n) is 7.69. The molecule has 0 aliphatic rings. The van der Waals surface area contributed by atoms with Gasteiger partial charge in [-0.2, -0.15) is 0 Å². The zero-order valence-electron chi connectivity index (χ0n) is 18.7. The minimum absolute atomic E-state index is 0.161. The first-order chi connectivity index (χ1) is 15.3. The number of esters is 2. The minimum Gasteiger partial charge on any atom is -0.419 e. The molecule has 0 saturated carbocycles. The van der Waals surface area contributed by atoms with E-state index in [1.54, 1.807) is 62.6 Å². The van der Waals surface area contributed by atoms with Crippen LogP contribution in [0, 0.1) is 13.8 Å². The van der Waals surface area contributed by atoms with Crippen LogP contribution < -0.4 is 14.8 Å². The Labute approximate surface area is 187 Å². The average Bonchev–Trinajstić information content (AvgIpc) is 2.75. The number of carbonyl (C=O) groups excluding carboxylic acids is 2. The number of carbonyl (C=O) groups is 2. The number of hydrogen-bond acceptors (Lipinski definition) is 7. The molecule has 0 spiro atoms. The molecular formula is C25H27N3O4. The van der Waals surface area contributed by atoms with Crippen molar-refractivity contribution in [3.8, 4) is 11.5 Å². The number of nitrogens with one attached hydrogen (secondary N) is 1. The second-order valence-corrected chi connectivity index (χ2v) is 7.69. The zero-order valence-corrected chi connectivity index (χ0v) is 18.7. The summed E-state index contributed by atoms with van der Waals surface area (Å²) in [6, 6.07) is 12.2. The van der Waals surface area contributed by atoms with Crippen molar-refractivity contribution in [3.63, 3.8) is 0 Å². The number of rotatable bonds is 8. The van der Waals surface area contributed by atoms with Crippen LogP contribution in [0.15, 0.2) is 54.9 Å². The molecule has 1 aromatic carbocycles. The Morgan fingerprint density at radius 1 is 0.875 bits per heavy atom. The van der Waals surface area contributed by atoms with Gasteiger partial charge < -0.3 is 14.8 Å². The van der Waals surface area contributed by atoms with E-state index in [4.69, 9.17) is 9.47 Å². The summed E-state index contributed by atoms with van der Waals surface area (Å²) in [4.78, 5) is 33.8. The van der Waals surface area contributed by atoms with Crippen molar-refractivity contribution in [3.05, 3.63) is 82.9 Å². The summed E-state index contributed by atoms with van der Waals surface area (Å²) in [5, 5.41) is 3.35. The normalized spacial score (nSPS) is 10.8. The number of hydrogen-bond donors (Lipinski definition) is 1. The van der Waals surface area contributed by atoms with Crippen molar-refractivity contribution in [1.82, 2.24) is 15.3 Å². The van der Waals surface area contributed by atoms with Gasteiger partial charge in [0.25, 0.3) is 0 Å². The second kappa shape index (κ2) is 10.6. The molecule has 3 rings (SSSR count). The lowest BCUT2D eigenvalue weighted by Gasteiger charge is -2.14. The van der Waals surface area contributed by atoms with Gasteiger partial charge in [0.2, 0.25) is 0 Å². The molecule has 0 fully saturated rings. The summed E-state index contributed by atoms with van der Waals surface area (Å²) in [6.07, 6.45) is 3.94. The van der Waals surface area contributed by atoms with E-state index in [2.05, 4.69) is 29.1 Å². The summed E-state index contributed by atoms with van der Waals surface area (Å²) in [5.74, 6) is -0.800. The number of nitrogens with zero attached hydrogens (tertiary/aromatic N) is 2. The number of aromatic nitrogens is 2. The fourth-order valence-corrected chi connectivity index (χ4v) is 3.09. The number of pyridine rings is 2. The van der Waals surface area contributed by atoms with Crippen LogP contribution >= 0.6 is 0 Å². The van der Waals surface area contributed by atoms with E-state index in [1.807, 2.05) is 6.07 Å². The highest BCUT2D eigenvalue weighted by molar-refractivity contribution is 5.94. The van der Waals surface area contributed by atoms with Crippen molar-refractivity contribution >= 4 is 11.9 Å². The van der Waals surface area contributed by atoms with E-state index in [1.165, 1.54) is 0 Å². The molecule has 1 N–H and O–H groups in total. The van der Waals surface area contributed by atoms with E-state index in [9.17, 15) is 9.59 Å². The molecule has 32 heavy (non-hydrogen) atoms. The van der Waals surface area contributed by atoms with Crippen molar-refractivity contribution in [2.45, 2.75) is 40.2 Å². The molecule has 0 aliphatic heterocycles. The Hall–Kier alpha value is -3.58. The van der Waals surface area contributed by atoms with Crippen LogP contribution in [-0.2, 0) is 6.42 Å². The van der Waals surface area contributed by atoms with Gasteiger partial charge in [-0.25, -0.2) is 9.59 Å². The van der Waals surface area contributed by atoms with Crippen LogP contribution in [0.4, 0.5) is 0 Å². The number of aryl methyl sites for hydroxylation is 2. The van der Waals surface area contributed by atoms with Gasteiger partial charge in [0.15, 0.2) is 11.5 Å². The SMILES string of the molecule is Cc1ncccc1C(=O)Oc1ccc(CCNC(C)C)cc1OC(=O)c1cccnc1C. The lowest BCUT2D eigenvalue weighted by Crippen LogP contribution is -2.25. The molecule has 0 bridgehead atoms. The lowest BCUT2D eigenvalue weighted by atomic mass is 10.1. The quantitative estimate of drug-likeness (QED) is 0.423. The Kier molecular flexibility index (Phi) is 7.68. The molecule has 3 aromatic rings. The molecular weight excluding hydrogens is 406 g/mol. The van der Waals surface area contributed by atoms with Crippen molar-refractivity contribution in [2.24, 2.45) is 0 Å². The first-order valence-electron chi connectivity index (χ1n) is 10.5. The van der Waals surface area contributed by atoms with E-state index < -0.39 is 11.9 Å². The highest BCUT2D eigenvalue weighted by Gasteiger charge is 2.19. The standard InChI is InChI=1S/C25H27N3O4/c1-16(2)26-14-11-19-9-10-22(31-24(29)20-7-5-12-27-17(20)3)23(15-19)32-25(30)21-8-6-13-28-18(21)4/h5-10,12-13,15-16,26H,11,14H2,1-4H3. The van der Waals surface area contributed by atoms with Crippen LogP contribution in [0.3, 0.4) is 0 Å². The highest BCUT2D eigenvalue weighted by Crippen LogP contribution is 2.30. The van der Waals surface area contributed by atoms with Crippen LogP contribution in [0.1, 0.15) is 51.5 Å². The summed E-state index contributed by atoms with van der Waals surface area (Å²) in [6.45, 7) is 8.38. The van der Waals surface area contributed by atoms with E-state index >= 15 is 0 Å². The maximum atomic E-state index is 12.8. The molecule has 0 radical (unpaired) electrons. The monoisotopic (exact) mass is 433 g/mol. The number of ether oxygens (including phenoxy) is 2. The molecule has 0 amide bonds. The molecule has 2 aromatic heterocycles. The Morgan fingerprint density at radius 3 is 1.97 bits per heavy atom. The van der Waals surface area contributed by atoms with Gasteiger partial charge in [-0.15, -0.1) is 0 Å². The van der Waals surface area contributed by atoms with Gasteiger partial charge >= 0.3 is 11.9 Å². The van der Waals surface area contributed by atoms with Gasteiger partial charge in [-0.3, -0.25) is 9.97 Å². The third-order valence-electron chi connectivity index (χ3n) is 4.83. The topological polar surface area (TPSA) is 90.4 Å². The third kappa shape index (κ3) is 5.98. The van der Waals surface area contributed by atoms with E-state index in [-0.39, 0.29) is 11.5 Å². The molecule has 0 unspecified atom stereocenters. The summed E-state index contributed by atoms with van der Waals surface area (Å²) in [5.41, 5.74) is 2.75. The van der Waals surface area contributed by atoms with Crippen molar-refractivity contribution < 1.29 is 19.1 Å². The molecule has 7 nitrogen and oxygen atoms in total. The smallest absolute Gasteiger partial charge is 0.345 e. The van der Waals surface area contributed by atoms with Crippen LogP contribution in [0.25, 0.3) is 0 Å². The van der Waals surface area contributed by atoms with Crippen LogP contribution in [-0.4, -0.2) is 34.5 Å². The molecule has 166 valence electrons. The maximum absolute atomic E-state index is 12.8. The van der Waals surface area contributed by atoms with E-state index in [0.717, 1.165) is 18.5 Å². The molecule has 0 atom stereocenters. The first-order valence-corrected chi connectivity index (χ1v) is 10.5. The van der Waals surface area contributed by atoms with Gasteiger partial charge in [0, 0.05) is 18.4 Å². The number of benzene rings is 1. The molecule has 7 heteroatoms. The zero-order chi connectivity index (χ0) is 23.1. The average molecular weight is 434 g/mol. The fraction of sp³-hybridized carbons (Fsp3) is 0.280. The van der Waals surface area contributed by atoms with Crippen LogP contribution in [0.5, 0.6) is 11.5 Å². The van der Waals surface area contributed by atoms with E-state index in [0.29, 0.717) is 28.6 Å². The first kappa shape index (κ1) is 23.1. The fourth-order valence-electron chi connectivity index (χ4n) is 3.09. The Balaban J connectivity index is 1.87. The largest absolute Gasteiger partial charge is 0.419 e. The highest BCUT2D eigenvalue weighted by atomic mass is 16.6.